The van der Waals surface area contributed by atoms with Crippen molar-refractivity contribution in [1.82, 2.24) is 0 Å². The van der Waals surface area contributed by atoms with Gasteiger partial charge in [-0.15, -0.1) is 0 Å². The molecule has 0 bridgehead atoms. The highest BCUT2D eigenvalue weighted by Gasteiger charge is 2.10. The van der Waals surface area contributed by atoms with Crippen LogP contribution in [0.15, 0.2) is 59.2 Å². The molecule has 0 aliphatic carbocycles. The van der Waals surface area contributed by atoms with E-state index in [1.165, 1.54) is 14.2 Å². The normalized spacial score (nSPS) is 10.0. The van der Waals surface area contributed by atoms with Crippen LogP contribution >= 0.6 is 0 Å². The minimum Gasteiger partial charge on any atom is -0.469 e. The Morgan fingerprint density at radius 2 is 1.83 bits per heavy atom. The molecule has 0 atom stereocenters. The first-order valence-corrected chi connectivity index (χ1v) is 7.04. The van der Waals surface area contributed by atoms with E-state index in [9.17, 15) is 4.79 Å². The lowest BCUT2D eigenvalue weighted by atomic mass is 10.0. The van der Waals surface area contributed by atoms with Gasteiger partial charge in [-0.1, -0.05) is 36.4 Å². The number of carbonyl (C=O) groups is 1. The molecule has 0 amide bonds. The van der Waals surface area contributed by atoms with Gasteiger partial charge in [-0.2, -0.15) is 0 Å². The Morgan fingerprint density at radius 3 is 2.48 bits per heavy atom. The first kappa shape index (κ1) is 16.7. The van der Waals surface area contributed by atoms with Crippen LogP contribution in [0.2, 0.25) is 0 Å². The molecule has 120 valence electrons. The van der Waals surface area contributed by atoms with E-state index in [1.807, 2.05) is 48.5 Å². The van der Waals surface area contributed by atoms with Crippen molar-refractivity contribution < 1.29 is 18.8 Å². The molecule has 1 heterocycles. The molecule has 0 saturated carbocycles. The van der Waals surface area contributed by atoms with E-state index in [4.69, 9.17) is 9.15 Å². The third-order valence-electron chi connectivity index (χ3n) is 3.30. The van der Waals surface area contributed by atoms with Crippen LogP contribution in [0.3, 0.4) is 0 Å². The molecule has 0 unspecified atom stereocenters. The number of hydrogen-bond donors (Lipinski definition) is 1. The van der Waals surface area contributed by atoms with Crippen LogP contribution in [0, 0.1) is 0 Å². The van der Waals surface area contributed by atoms with Crippen LogP contribution in [0.4, 0.5) is 0 Å². The Kier molecular flexibility index (Phi) is 5.91. The van der Waals surface area contributed by atoms with E-state index < -0.39 is 0 Å². The van der Waals surface area contributed by atoms with Crippen molar-refractivity contribution in [3.05, 3.63) is 60.4 Å². The van der Waals surface area contributed by atoms with Crippen LogP contribution in [0.1, 0.15) is 5.56 Å². The van der Waals surface area contributed by atoms with E-state index in [2.05, 4.69) is 10.7 Å². The fourth-order valence-electron chi connectivity index (χ4n) is 2.27. The van der Waals surface area contributed by atoms with Gasteiger partial charge in [-0.3, -0.25) is 4.79 Å². The molecular weight excluding hydrogens is 294 g/mol. The molecule has 0 saturated heterocycles. The van der Waals surface area contributed by atoms with Gasteiger partial charge in [-0.05, 0) is 23.3 Å². The van der Waals surface area contributed by atoms with Crippen molar-refractivity contribution >= 4 is 16.9 Å². The topological polar surface area (TPSA) is 74.7 Å². The van der Waals surface area contributed by atoms with Gasteiger partial charge >= 0.3 is 5.97 Å². The number of esters is 1. The van der Waals surface area contributed by atoms with Crippen molar-refractivity contribution in [2.45, 2.75) is 6.42 Å². The van der Waals surface area contributed by atoms with Crippen LogP contribution in [0.25, 0.3) is 22.1 Å². The monoisotopic (exact) mass is 313 g/mol. The maximum absolute atomic E-state index is 11.4. The lowest BCUT2D eigenvalue weighted by Crippen LogP contribution is -2.04. The first-order valence-electron chi connectivity index (χ1n) is 7.04. The molecule has 5 heteroatoms. The van der Waals surface area contributed by atoms with Crippen molar-refractivity contribution in [3.63, 3.8) is 0 Å². The van der Waals surface area contributed by atoms with Crippen LogP contribution in [-0.2, 0) is 20.8 Å². The van der Waals surface area contributed by atoms with Crippen molar-refractivity contribution in [2.75, 3.05) is 14.2 Å². The van der Waals surface area contributed by atoms with Crippen LogP contribution in [-0.4, -0.2) is 20.2 Å². The Labute approximate surface area is 134 Å². The molecule has 2 N–H and O–H groups in total. The Morgan fingerprint density at radius 1 is 1.13 bits per heavy atom. The Bertz CT molecular complexity index is 765. The predicted molar refractivity (Wildman–Crippen MR) is 88.6 cm³/mol. The molecule has 0 aliphatic heterocycles. The summed E-state index contributed by atoms with van der Waals surface area (Å²) in [6, 6.07) is 15.8. The van der Waals surface area contributed by atoms with Crippen LogP contribution < -0.4 is 5.90 Å². The maximum Gasteiger partial charge on any atom is 0.309 e. The highest BCUT2D eigenvalue weighted by atomic mass is 16.6. The third kappa shape index (κ3) is 4.18. The minimum absolute atomic E-state index is 0.242. The first-order chi connectivity index (χ1) is 11.2. The third-order valence-corrected chi connectivity index (χ3v) is 3.30. The standard InChI is InChI=1S/C17H14O3.CH5NO/c1-19-17(18)10-12-7-8-16-14(9-12)15(11-20-16)13-5-3-2-4-6-13;1-3-2/h2-9,11H,10H2,1H3;2H2,1H3. The fourth-order valence-corrected chi connectivity index (χ4v) is 2.27. The zero-order chi connectivity index (χ0) is 16.7. The molecule has 0 fully saturated rings. The van der Waals surface area contributed by atoms with E-state index in [1.54, 1.807) is 6.26 Å². The number of methoxy groups -OCH3 is 1. The number of nitrogens with two attached hydrogens (primary N) is 1. The highest BCUT2D eigenvalue weighted by Crippen LogP contribution is 2.31. The summed E-state index contributed by atoms with van der Waals surface area (Å²) in [4.78, 5) is 15.1. The lowest BCUT2D eigenvalue weighted by molar-refractivity contribution is -0.139. The number of fused-ring (bicyclic) bond motifs is 1. The summed E-state index contributed by atoms with van der Waals surface area (Å²) in [7, 11) is 2.80. The summed E-state index contributed by atoms with van der Waals surface area (Å²) in [5, 5.41) is 1.01. The summed E-state index contributed by atoms with van der Waals surface area (Å²) < 4.78 is 10.3. The number of furan rings is 1. The number of hydrogen-bond acceptors (Lipinski definition) is 5. The van der Waals surface area contributed by atoms with Gasteiger partial charge in [0, 0.05) is 10.9 Å². The molecule has 0 aliphatic rings. The average Bonchev–Trinajstić information content (AvgIpc) is 2.99. The predicted octanol–water partition coefficient (Wildman–Crippen LogP) is 3.32. The molecule has 2 aromatic carbocycles. The van der Waals surface area contributed by atoms with Gasteiger partial charge in [0.25, 0.3) is 0 Å². The quantitative estimate of drug-likeness (QED) is 0.593. The number of rotatable bonds is 3. The Hall–Kier alpha value is -2.63. The molecule has 3 rings (SSSR count). The second kappa shape index (κ2) is 8.12. The summed E-state index contributed by atoms with van der Waals surface area (Å²) >= 11 is 0. The molecule has 23 heavy (non-hydrogen) atoms. The van der Waals surface area contributed by atoms with Gasteiger partial charge in [0.05, 0.1) is 26.9 Å². The molecule has 0 spiro atoms. The summed E-state index contributed by atoms with van der Waals surface area (Å²) in [6.45, 7) is 0. The van der Waals surface area contributed by atoms with E-state index in [0.29, 0.717) is 0 Å². The molecular formula is C18H19NO4. The molecule has 3 aromatic rings. The smallest absolute Gasteiger partial charge is 0.309 e. The number of carbonyl (C=O) groups excluding carboxylic acids is 1. The van der Waals surface area contributed by atoms with Gasteiger partial charge in [0.15, 0.2) is 0 Å². The molecule has 5 nitrogen and oxygen atoms in total. The average molecular weight is 313 g/mol. The minimum atomic E-state index is -0.242. The lowest BCUT2D eigenvalue weighted by Gasteiger charge is -2.02. The van der Waals surface area contributed by atoms with Crippen molar-refractivity contribution in [3.8, 4) is 11.1 Å². The SMILES string of the molecule is COC(=O)Cc1ccc2occ(-c3ccccc3)c2c1.CON. The zero-order valence-electron chi connectivity index (χ0n) is 13.1. The summed E-state index contributed by atoms with van der Waals surface area (Å²) in [6.07, 6.45) is 2.02. The largest absolute Gasteiger partial charge is 0.469 e. The van der Waals surface area contributed by atoms with E-state index in [0.717, 1.165) is 27.7 Å². The van der Waals surface area contributed by atoms with E-state index >= 15 is 0 Å². The Balaban J connectivity index is 0.000000595. The molecule has 0 radical (unpaired) electrons. The van der Waals surface area contributed by atoms with Gasteiger partial charge in [0.2, 0.25) is 0 Å². The number of ether oxygens (including phenoxy) is 1. The van der Waals surface area contributed by atoms with Crippen molar-refractivity contribution in [2.24, 2.45) is 5.90 Å². The summed E-state index contributed by atoms with van der Waals surface area (Å²) in [5.74, 6) is 4.11. The van der Waals surface area contributed by atoms with E-state index in [-0.39, 0.29) is 12.4 Å². The highest BCUT2D eigenvalue weighted by molar-refractivity contribution is 5.94. The molecule has 1 aromatic heterocycles. The van der Waals surface area contributed by atoms with Gasteiger partial charge in [-0.25, -0.2) is 5.90 Å². The fraction of sp³-hybridized carbons (Fsp3) is 0.167. The second-order valence-electron chi connectivity index (χ2n) is 4.83. The summed E-state index contributed by atoms with van der Waals surface area (Å²) in [5.41, 5.74) is 3.87. The zero-order valence-corrected chi connectivity index (χ0v) is 13.1. The van der Waals surface area contributed by atoms with Crippen molar-refractivity contribution in [1.29, 1.82) is 0 Å². The van der Waals surface area contributed by atoms with Crippen LogP contribution in [0.5, 0.6) is 0 Å². The second-order valence-corrected chi connectivity index (χ2v) is 4.83. The maximum atomic E-state index is 11.4. The number of benzene rings is 2. The van der Waals surface area contributed by atoms with Gasteiger partial charge in [0.1, 0.15) is 5.58 Å². The van der Waals surface area contributed by atoms with Gasteiger partial charge < -0.3 is 14.0 Å².